The molecule has 0 spiro atoms. The molecule has 149 heavy (non-hydrogen) atoms. The molecule has 8 atom stereocenters. The van der Waals surface area contributed by atoms with Crippen molar-refractivity contribution in [2.45, 2.75) is 142 Å². The molecule has 0 radical (unpaired) electrons. The third-order valence-electron chi connectivity index (χ3n) is 25.1. The van der Waals surface area contributed by atoms with Gasteiger partial charge in [0.15, 0.2) is 70.4 Å². The first kappa shape index (κ1) is 122. The summed E-state index contributed by atoms with van der Waals surface area (Å²) in [4.78, 5) is 11.3. The van der Waals surface area contributed by atoms with Gasteiger partial charge in [-0.3, -0.25) is 0 Å². The minimum Gasteiger partial charge on any atom is -0.491 e. The van der Waals surface area contributed by atoms with E-state index in [1.165, 1.54) is 40.6 Å². The third-order valence-corrected chi connectivity index (χ3v) is 30.2. The van der Waals surface area contributed by atoms with E-state index < -0.39 is 0 Å². The van der Waals surface area contributed by atoms with Crippen molar-refractivity contribution in [3.05, 3.63) is 356 Å². The molecule has 4 unspecified atom stereocenters. The molecule has 12 aromatic rings. The van der Waals surface area contributed by atoms with E-state index in [4.69, 9.17) is 71.1 Å². The number of hydrogen-bond acceptors (Lipinski definition) is 20. The number of likely N-dealkylation sites (N-methyl/N-ethyl adjacent to an activating group) is 4. The normalized spacial score (nSPS) is 16.8. The first-order chi connectivity index (χ1) is 72.2. The van der Waals surface area contributed by atoms with Crippen LogP contribution in [0.15, 0.2) is 279 Å². The maximum Gasteiger partial charge on any atom is 0.175 e. The van der Waals surface area contributed by atoms with Gasteiger partial charge in [-0.05, 0) is 351 Å². The Labute approximate surface area is 969 Å². The highest BCUT2D eigenvalue weighted by atomic mass is 127. The van der Waals surface area contributed by atoms with Crippen LogP contribution >= 0.6 is 136 Å². The van der Waals surface area contributed by atoms with Gasteiger partial charge in [0.1, 0.15) is 36.8 Å². The van der Waals surface area contributed by atoms with Crippen molar-refractivity contribution in [2.24, 2.45) is 0 Å². The Morgan fingerprint density at radius 2 is 0.738 bits per heavy atom. The van der Waals surface area contributed by atoms with Gasteiger partial charge in [0.2, 0.25) is 0 Å². The van der Waals surface area contributed by atoms with Gasteiger partial charge in [-0.25, -0.2) is 0 Å². The molecule has 0 N–H and O–H groups in total. The summed E-state index contributed by atoms with van der Waals surface area (Å²) in [6.45, 7) is 35.1. The van der Waals surface area contributed by atoms with Crippen LogP contribution in [0, 0.1) is 35.3 Å². The fraction of sp³-hybridized carbons (Fsp3) is 0.398. The second-order valence-electron chi connectivity index (χ2n) is 37.8. The zero-order chi connectivity index (χ0) is 106. The largest absolute Gasteiger partial charge is 0.491 e. The standard InChI is InChI=1S/C22H28INO3.4C21H26INO3.C17H19I/c1-4-25-13-14-26-15-16-27-20-10-7-18(8-11-20)5-6-19-9-12-22(24(2)3)21(23)17-19;1-3-13-25-21-17(22)10-7-11-18(21)26-20(16-8-5-4-6-9-16)19-15-23(2)12-14-24-19;1-3-13-24-18-11-7-10-17(22)21(18)26-20(16-8-5-4-6-9-16)19-15-23(2)12-14-25-19;1-3-12-24-19-14-17(22)9-10-18(19)26-21(16-7-5-4-6-8-16)20-15-23(2)11-13-25-20;1-3-12-24-18-10-9-17(22)14-19(18)26-21(16-7-5-4-6-8-16)20-15-23(2)11-13-25-20;1-12-5-8-14(9-6-12)17(3,4)15-10-7-13(2)16(18)11-15/h5-12,17H,4,13-16H2,1-3H3;2*4-11,19-20H,3,12-15H2,1-2H3;2*4-10,14,20-21H,3,11-13,15H2,1-2H3;5-11H,1-4H3/b6-5+;;;;;/t;2*19?,20-;2*20?,21-;/m.0000./s1. The number of aryl methyl sites for hydroxylation is 2. The van der Waals surface area contributed by atoms with Crippen molar-refractivity contribution < 1.29 is 71.1 Å². The fourth-order valence-electron chi connectivity index (χ4n) is 16.7. The average Bonchev–Trinajstić information content (AvgIpc) is 0.785. The molecule has 4 aliphatic heterocycles. The first-order valence-corrected chi connectivity index (χ1v) is 58.3. The van der Waals surface area contributed by atoms with E-state index in [9.17, 15) is 0 Å². The highest BCUT2D eigenvalue weighted by Gasteiger charge is 2.37. The van der Waals surface area contributed by atoms with Gasteiger partial charge in [-0.15, -0.1) is 0 Å². The van der Waals surface area contributed by atoms with Crippen molar-refractivity contribution in [3.8, 4) is 51.7 Å². The highest BCUT2D eigenvalue weighted by Crippen LogP contribution is 2.44. The summed E-state index contributed by atoms with van der Waals surface area (Å²) in [5.41, 5.74) is 13.5. The number of morpholine rings is 4. The van der Waals surface area contributed by atoms with E-state index in [0.29, 0.717) is 52.9 Å². The molecule has 4 heterocycles. The Morgan fingerprint density at radius 1 is 0.336 bits per heavy atom. The Hall–Kier alpha value is -7.64. The summed E-state index contributed by atoms with van der Waals surface area (Å²) in [5, 5.41) is 0. The van der Waals surface area contributed by atoms with Gasteiger partial charge in [0, 0.05) is 98.4 Å². The van der Waals surface area contributed by atoms with E-state index in [1.807, 2.05) is 165 Å². The Balaban J connectivity index is 0.000000170. The predicted octanol–water partition coefficient (Wildman–Crippen LogP) is 28.3. The number of anilines is 1. The zero-order valence-corrected chi connectivity index (χ0v) is 102. The maximum atomic E-state index is 6.56. The molecular formula is C123H151I6N5O15. The molecule has 0 aliphatic carbocycles. The zero-order valence-electron chi connectivity index (χ0n) is 89.1. The van der Waals surface area contributed by atoms with E-state index in [1.54, 1.807) is 0 Å². The maximum absolute atomic E-state index is 6.56. The number of ether oxygens (including phenoxy) is 15. The second-order valence-corrected chi connectivity index (χ2v) is 45.0. The third kappa shape index (κ3) is 40.3. The Morgan fingerprint density at radius 3 is 1.20 bits per heavy atom. The molecule has 4 fully saturated rings. The monoisotopic (exact) mass is 2700 g/mol. The van der Waals surface area contributed by atoms with Crippen molar-refractivity contribution in [3.63, 3.8) is 0 Å². The fourth-order valence-corrected chi connectivity index (χ4v) is 20.4. The molecule has 4 saturated heterocycles. The summed E-state index contributed by atoms with van der Waals surface area (Å²) in [6, 6.07) is 95.6. The topological polar surface area (TPSA) is 155 Å². The molecule has 12 aromatic carbocycles. The van der Waals surface area contributed by atoms with Crippen LogP contribution in [0.1, 0.15) is 154 Å². The minimum absolute atomic E-state index is 0.0190. The first-order valence-electron chi connectivity index (χ1n) is 51.8. The van der Waals surface area contributed by atoms with Crippen molar-refractivity contribution in [1.82, 2.24) is 19.6 Å². The minimum atomic E-state index is -0.182. The van der Waals surface area contributed by atoms with Gasteiger partial charge in [-0.2, -0.15) is 0 Å². The van der Waals surface area contributed by atoms with Crippen LogP contribution in [0.25, 0.3) is 12.2 Å². The highest BCUT2D eigenvalue weighted by molar-refractivity contribution is 14.1. The Bertz CT molecular complexity index is 5820. The van der Waals surface area contributed by atoms with Crippen LogP contribution in [-0.2, 0) is 33.8 Å². The summed E-state index contributed by atoms with van der Waals surface area (Å²) < 4.78 is 97.4. The van der Waals surface area contributed by atoms with Gasteiger partial charge < -0.3 is 95.6 Å². The summed E-state index contributed by atoms with van der Waals surface area (Å²) in [6.07, 6.45) is 7.29. The van der Waals surface area contributed by atoms with E-state index >= 15 is 0 Å². The summed E-state index contributed by atoms with van der Waals surface area (Å²) in [7, 11) is 12.6. The molecule has 0 saturated carbocycles. The molecule has 4 aliphatic rings. The lowest BCUT2D eigenvalue weighted by Crippen LogP contribution is -2.44. The number of halogens is 6. The van der Waals surface area contributed by atoms with Gasteiger partial charge in [-0.1, -0.05) is 247 Å². The summed E-state index contributed by atoms with van der Waals surface area (Å²) >= 11 is 14.0. The molecule has 16 rings (SSSR count). The van der Waals surface area contributed by atoms with Crippen LogP contribution in [0.3, 0.4) is 0 Å². The van der Waals surface area contributed by atoms with Crippen molar-refractivity contribution >= 4 is 153 Å². The van der Waals surface area contributed by atoms with Crippen LogP contribution in [-0.4, -0.2) is 225 Å². The number of rotatable bonds is 41. The van der Waals surface area contributed by atoms with Gasteiger partial charge in [0.25, 0.3) is 0 Å². The van der Waals surface area contributed by atoms with Crippen LogP contribution < -0.4 is 47.5 Å². The van der Waals surface area contributed by atoms with Gasteiger partial charge in [0.05, 0.1) is 79.8 Å². The number of benzene rings is 12. The number of nitrogens with zero attached hydrogens (tertiary/aromatic N) is 5. The van der Waals surface area contributed by atoms with Crippen molar-refractivity contribution in [2.75, 3.05) is 185 Å². The Kier molecular flexibility index (Phi) is 53.8. The summed E-state index contributed by atoms with van der Waals surface area (Å²) in [5.74, 6) is 7.17. The molecular weight excluding hydrogens is 2550 g/mol. The molecule has 0 amide bonds. The van der Waals surface area contributed by atoms with E-state index in [2.05, 4.69) is 391 Å². The quantitative estimate of drug-likeness (QED) is 0.0202. The molecule has 0 aromatic heterocycles. The van der Waals surface area contributed by atoms with Crippen LogP contribution in [0.2, 0.25) is 0 Å². The second kappa shape index (κ2) is 65.9. The van der Waals surface area contributed by atoms with E-state index in [-0.39, 0.29) is 54.2 Å². The lowest BCUT2D eigenvalue weighted by atomic mass is 9.78. The molecule has 800 valence electrons. The molecule has 20 nitrogen and oxygen atoms in total. The van der Waals surface area contributed by atoms with Crippen molar-refractivity contribution in [1.29, 1.82) is 0 Å². The smallest absolute Gasteiger partial charge is 0.175 e. The molecule has 0 bridgehead atoms. The molecule has 26 heteroatoms. The van der Waals surface area contributed by atoms with Crippen LogP contribution in [0.5, 0.6) is 51.7 Å². The SMILES string of the molecule is CCCOc1c(I)cccc1O[C@@H](c1ccccc1)C1CN(C)CCO1.CCCOc1cc(I)ccc1O[C@@H](c1ccccc1)C1CN(C)CCO1.CCCOc1ccc(I)cc1O[C@@H](c1ccccc1)C1CN(C)CCO1.CCCOc1cccc(I)c1O[C@@H](c1ccccc1)C1CN(C)CCO1.CCOCCOCCOc1ccc(/C=C/c2ccc(N(C)C)c(I)c2)cc1.Cc1ccc(C(C)(C)c2ccc(C)c(I)c2)cc1. The van der Waals surface area contributed by atoms with Crippen LogP contribution in [0.4, 0.5) is 5.69 Å². The predicted molar refractivity (Wildman–Crippen MR) is 657 cm³/mol. The lowest BCUT2D eigenvalue weighted by molar-refractivity contribution is -0.0766. The lowest BCUT2D eigenvalue weighted by Gasteiger charge is -2.35. The van der Waals surface area contributed by atoms with Gasteiger partial charge >= 0.3 is 0 Å². The van der Waals surface area contributed by atoms with E-state index in [0.717, 1.165) is 205 Å². The number of hydrogen-bond donors (Lipinski definition) is 0. The average molecular weight is 2700 g/mol. The number of para-hydroxylation sites is 2.